The van der Waals surface area contributed by atoms with Crippen LogP contribution in [0.5, 0.6) is 0 Å². The van der Waals surface area contributed by atoms with Crippen LogP contribution in [0.15, 0.2) is 0 Å². The van der Waals surface area contributed by atoms with E-state index in [1.54, 1.807) is 0 Å². The fraction of sp³-hybridized carbons (Fsp3) is 0. The van der Waals surface area contributed by atoms with Crippen LogP contribution in [0.4, 0.5) is 0 Å². The molecule has 0 aliphatic heterocycles. The van der Waals surface area contributed by atoms with Crippen molar-refractivity contribution in [3.8, 4) is 0 Å². The first kappa shape index (κ1) is 9.71. The molecule has 0 amide bonds. The van der Waals surface area contributed by atoms with Crippen molar-refractivity contribution < 1.29 is 47.0 Å². The van der Waals surface area contributed by atoms with Crippen LogP contribution in [0.25, 0.3) is 0 Å². The standard InChI is InChI=1S/H2O4S.Zn.7H2/c1-5(2,3)4;;;;;;;;/h(H2,1,2,3,4);;7*1H. The van der Waals surface area contributed by atoms with E-state index >= 15 is 0 Å². The van der Waals surface area contributed by atoms with Gasteiger partial charge in [0.25, 0.3) is 0 Å². The summed E-state index contributed by atoms with van der Waals surface area (Å²) in [5, 5.41) is 0. The second-order valence-corrected chi connectivity index (χ2v) is 1.34. The van der Waals surface area contributed by atoms with Gasteiger partial charge < -0.3 is 0 Å². The third-order valence-electron chi connectivity index (χ3n) is 0. The van der Waals surface area contributed by atoms with Crippen molar-refractivity contribution >= 4 is 10.4 Å². The van der Waals surface area contributed by atoms with Crippen molar-refractivity contribution in [3.63, 3.8) is 0 Å². The molecule has 0 saturated carbocycles. The minimum Gasteiger partial charge on any atom is -0.264 e. The van der Waals surface area contributed by atoms with Gasteiger partial charge in [-0.15, -0.1) is 0 Å². The van der Waals surface area contributed by atoms with E-state index in [9.17, 15) is 0 Å². The summed E-state index contributed by atoms with van der Waals surface area (Å²) >= 11 is 0. The fourth-order valence-electron chi connectivity index (χ4n) is 0. The Kier molecular flexibility index (Phi) is 4.25. The first-order valence-electron chi connectivity index (χ1n) is 0.698. The van der Waals surface area contributed by atoms with Gasteiger partial charge in [-0.3, -0.25) is 9.11 Å². The van der Waals surface area contributed by atoms with E-state index in [1.165, 1.54) is 0 Å². The molecule has 0 aromatic rings. The van der Waals surface area contributed by atoms with Crippen LogP contribution in [0, 0.1) is 0 Å². The van der Waals surface area contributed by atoms with Gasteiger partial charge in [-0.1, -0.05) is 0 Å². The molecule has 4 nitrogen and oxygen atoms in total. The summed E-state index contributed by atoms with van der Waals surface area (Å²) in [5.74, 6) is 0. The molecule has 0 aromatic carbocycles. The summed E-state index contributed by atoms with van der Waals surface area (Å²) < 4.78 is 31.6. The van der Waals surface area contributed by atoms with Crippen molar-refractivity contribution in [2.75, 3.05) is 0 Å². The van der Waals surface area contributed by atoms with E-state index in [0.29, 0.717) is 0 Å². The van der Waals surface area contributed by atoms with Gasteiger partial charge in [0.15, 0.2) is 0 Å². The Labute approximate surface area is 58.3 Å². The van der Waals surface area contributed by atoms with Gasteiger partial charge in [-0.05, 0) is 0 Å². The molecule has 0 bridgehead atoms. The van der Waals surface area contributed by atoms with E-state index in [0.717, 1.165) is 0 Å². The first-order chi connectivity index (χ1) is 2.00. The molecular formula is H16O4SZn. The summed E-state index contributed by atoms with van der Waals surface area (Å²) in [6.45, 7) is 0. The van der Waals surface area contributed by atoms with Gasteiger partial charge in [0.05, 0.1) is 0 Å². The molecule has 0 spiro atoms. The Morgan fingerprint density at radius 1 is 1.33 bits per heavy atom. The van der Waals surface area contributed by atoms with Crippen LogP contribution in [0.2, 0.25) is 0 Å². The van der Waals surface area contributed by atoms with Crippen LogP contribution in [0.1, 0.15) is 9.99 Å². The van der Waals surface area contributed by atoms with Crippen molar-refractivity contribution in [3.05, 3.63) is 0 Å². The van der Waals surface area contributed by atoms with Crippen molar-refractivity contribution in [2.24, 2.45) is 0 Å². The Balaban J connectivity index is -0.00000000286. The average Bonchev–Trinajstić information content (AvgIpc) is 0.722. The van der Waals surface area contributed by atoms with E-state index in [-0.39, 0.29) is 29.5 Å². The predicted octanol–water partition coefficient (Wildman–Crippen LogP) is 1.07. The quantitative estimate of drug-likeness (QED) is 0.429. The molecule has 0 aliphatic rings. The molecule has 0 saturated heterocycles. The Morgan fingerprint density at radius 3 is 1.33 bits per heavy atom. The molecule has 6 heteroatoms. The van der Waals surface area contributed by atoms with E-state index in [2.05, 4.69) is 0 Å². The minimum atomic E-state index is -4.67. The molecule has 2 N–H and O–H groups in total. The fourth-order valence-corrected chi connectivity index (χ4v) is 0. The molecule has 0 radical (unpaired) electrons. The van der Waals surface area contributed by atoms with Crippen LogP contribution < -0.4 is 0 Å². The van der Waals surface area contributed by atoms with E-state index < -0.39 is 10.4 Å². The average molecular weight is 178 g/mol. The SMILES string of the molecule is O=S(=O)(O)O.[HH].[HH].[HH].[HH].[HH].[HH].[HH].[Zn]. The molecule has 0 unspecified atom stereocenters. The second kappa shape index (κ2) is 2.63. The van der Waals surface area contributed by atoms with Gasteiger partial charge in [0.2, 0.25) is 0 Å². The number of hydrogen-bond acceptors (Lipinski definition) is 2. The topological polar surface area (TPSA) is 74.6 Å². The zero-order valence-corrected chi connectivity index (χ0v) is 6.61. The monoisotopic (exact) mass is 176 g/mol. The molecule has 0 aromatic heterocycles. The molecule has 0 heterocycles. The number of rotatable bonds is 0. The largest absolute Gasteiger partial charge is 0.394 e. The smallest absolute Gasteiger partial charge is 0.264 e. The predicted molar refractivity (Wildman–Crippen MR) is 29.0 cm³/mol. The van der Waals surface area contributed by atoms with Gasteiger partial charge in [-0.2, -0.15) is 8.42 Å². The van der Waals surface area contributed by atoms with E-state index in [1.807, 2.05) is 0 Å². The van der Waals surface area contributed by atoms with Gasteiger partial charge >= 0.3 is 10.4 Å². The Morgan fingerprint density at radius 2 is 1.33 bits per heavy atom. The van der Waals surface area contributed by atoms with Gasteiger partial charge in [0.1, 0.15) is 0 Å². The van der Waals surface area contributed by atoms with Crippen molar-refractivity contribution in [1.82, 2.24) is 0 Å². The maximum Gasteiger partial charge on any atom is 0.394 e. The zero-order valence-electron chi connectivity index (χ0n) is 2.83. The summed E-state index contributed by atoms with van der Waals surface area (Å²) in [4.78, 5) is 0. The normalized spacial score (nSPS) is 9.67. The Bertz CT molecular complexity index is 104. The Hall–Kier alpha value is 0.493. The number of hydrogen-bond donors (Lipinski definition) is 2. The van der Waals surface area contributed by atoms with Crippen molar-refractivity contribution in [2.45, 2.75) is 0 Å². The van der Waals surface area contributed by atoms with Crippen molar-refractivity contribution in [1.29, 1.82) is 0 Å². The summed E-state index contributed by atoms with van der Waals surface area (Å²) in [6, 6.07) is 0. The third-order valence-corrected chi connectivity index (χ3v) is 0. The third kappa shape index (κ3) is 225. The molecule has 0 rings (SSSR count). The van der Waals surface area contributed by atoms with Crippen LogP contribution in [-0.2, 0) is 29.9 Å². The summed E-state index contributed by atoms with van der Waals surface area (Å²) in [7, 11) is -4.67. The molecule has 0 aliphatic carbocycles. The van der Waals surface area contributed by atoms with Crippen LogP contribution in [0.3, 0.4) is 0 Å². The molecule has 0 atom stereocenters. The summed E-state index contributed by atoms with van der Waals surface area (Å²) in [6.07, 6.45) is 0. The van der Waals surface area contributed by atoms with Gasteiger partial charge in [0, 0.05) is 29.5 Å². The van der Waals surface area contributed by atoms with E-state index in [4.69, 9.17) is 17.5 Å². The molecule has 6 heavy (non-hydrogen) atoms. The van der Waals surface area contributed by atoms with Crippen LogP contribution >= 0.6 is 0 Å². The molecule has 0 fully saturated rings. The maximum absolute atomic E-state index is 8.74. The summed E-state index contributed by atoms with van der Waals surface area (Å²) in [5.41, 5.74) is 0. The van der Waals surface area contributed by atoms with Gasteiger partial charge in [-0.25, -0.2) is 0 Å². The molecular weight excluding hydrogens is 161 g/mol. The molecule has 48 valence electrons. The zero-order chi connectivity index (χ0) is 4.50. The van der Waals surface area contributed by atoms with Crippen LogP contribution in [-0.4, -0.2) is 17.5 Å². The second-order valence-electron chi connectivity index (χ2n) is 0.448. The first-order valence-corrected chi connectivity index (χ1v) is 2.10. The minimum absolute atomic E-state index is 0. The maximum atomic E-state index is 8.74.